The maximum Gasteiger partial charge on any atom is 0.254 e. The highest BCUT2D eigenvalue weighted by molar-refractivity contribution is 7.13. The van der Waals surface area contributed by atoms with E-state index in [1.165, 1.54) is 9.56 Å². The summed E-state index contributed by atoms with van der Waals surface area (Å²) >= 11 is 3.22. The SMILES string of the molecule is O=C(Cc1ccccc1)n1nc(-c2cccs2)nc1NCc1cccs1. The monoisotopic (exact) mass is 380 g/mol. The second-order valence-electron chi connectivity index (χ2n) is 5.64. The predicted octanol–water partition coefficient (Wildman–Crippen LogP) is 4.56. The van der Waals surface area contributed by atoms with Gasteiger partial charge in [-0.1, -0.05) is 42.5 Å². The molecule has 26 heavy (non-hydrogen) atoms. The molecular formula is C19H16N4OS2. The molecule has 0 radical (unpaired) electrons. The van der Waals surface area contributed by atoms with Crippen molar-refractivity contribution < 1.29 is 4.79 Å². The van der Waals surface area contributed by atoms with E-state index in [0.717, 1.165) is 10.4 Å². The molecule has 1 aromatic carbocycles. The van der Waals surface area contributed by atoms with Gasteiger partial charge in [0.05, 0.1) is 17.8 Å². The number of nitrogens with zero attached hydrogens (tertiary/aromatic N) is 3. The summed E-state index contributed by atoms with van der Waals surface area (Å²) in [5, 5.41) is 11.7. The molecule has 0 bridgehead atoms. The van der Waals surface area contributed by atoms with Crippen molar-refractivity contribution in [1.29, 1.82) is 0 Å². The number of anilines is 1. The second kappa shape index (κ2) is 7.63. The van der Waals surface area contributed by atoms with Gasteiger partial charge in [-0.15, -0.1) is 27.8 Å². The lowest BCUT2D eigenvalue weighted by atomic mass is 10.1. The lowest BCUT2D eigenvalue weighted by molar-refractivity contribution is 0.0901. The lowest BCUT2D eigenvalue weighted by Crippen LogP contribution is -2.18. The van der Waals surface area contributed by atoms with Crippen LogP contribution in [0.15, 0.2) is 65.4 Å². The van der Waals surface area contributed by atoms with Gasteiger partial charge in [0.1, 0.15) is 0 Å². The van der Waals surface area contributed by atoms with Crippen LogP contribution in [0.4, 0.5) is 5.95 Å². The van der Waals surface area contributed by atoms with Gasteiger partial charge >= 0.3 is 0 Å². The van der Waals surface area contributed by atoms with Crippen LogP contribution in [0, 0.1) is 0 Å². The predicted molar refractivity (Wildman–Crippen MR) is 106 cm³/mol. The van der Waals surface area contributed by atoms with E-state index in [4.69, 9.17) is 0 Å². The Morgan fingerprint density at radius 2 is 1.81 bits per heavy atom. The molecule has 0 aliphatic heterocycles. The van der Waals surface area contributed by atoms with Crippen molar-refractivity contribution in [2.24, 2.45) is 0 Å². The fourth-order valence-corrected chi connectivity index (χ4v) is 3.83. The minimum Gasteiger partial charge on any atom is -0.349 e. The summed E-state index contributed by atoms with van der Waals surface area (Å²) in [6.07, 6.45) is 0.280. The number of rotatable bonds is 6. The first-order chi connectivity index (χ1) is 12.8. The Kier molecular flexibility index (Phi) is 4.90. The number of thiophene rings is 2. The van der Waals surface area contributed by atoms with Gasteiger partial charge in [-0.25, -0.2) is 0 Å². The lowest BCUT2D eigenvalue weighted by Gasteiger charge is -2.06. The third-order valence-corrected chi connectivity index (χ3v) is 5.53. The summed E-state index contributed by atoms with van der Waals surface area (Å²) < 4.78 is 1.38. The van der Waals surface area contributed by atoms with Crippen molar-refractivity contribution in [3.05, 3.63) is 75.8 Å². The van der Waals surface area contributed by atoms with Crippen LogP contribution in [0.2, 0.25) is 0 Å². The van der Waals surface area contributed by atoms with E-state index in [1.54, 1.807) is 22.7 Å². The molecule has 3 heterocycles. The van der Waals surface area contributed by atoms with Crippen molar-refractivity contribution >= 4 is 34.5 Å². The van der Waals surface area contributed by atoms with Gasteiger partial charge in [0.25, 0.3) is 5.91 Å². The normalized spacial score (nSPS) is 10.8. The largest absolute Gasteiger partial charge is 0.349 e. The summed E-state index contributed by atoms with van der Waals surface area (Å²) in [7, 11) is 0. The van der Waals surface area contributed by atoms with Crippen molar-refractivity contribution in [3.8, 4) is 10.7 Å². The maximum absolute atomic E-state index is 12.8. The molecule has 4 aromatic rings. The molecule has 0 aliphatic rings. The first-order valence-corrected chi connectivity index (χ1v) is 9.90. The maximum atomic E-state index is 12.8. The zero-order valence-electron chi connectivity index (χ0n) is 13.8. The smallest absolute Gasteiger partial charge is 0.254 e. The summed E-state index contributed by atoms with van der Waals surface area (Å²) in [6.45, 7) is 0.610. The van der Waals surface area contributed by atoms with Gasteiger partial charge in [0, 0.05) is 4.88 Å². The molecular weight excluding hydrogens is 364 g/mol. The molecule has 0 spiro atoms. The summed E-state index contributed by atoms with van der Waals surface area (Å²) in [6, 6.07) is 17.6. The van der Waals surface area contributed by atoms with Crippen LogP contribution in [0.25, 0.3) is 10.7 Å². The van der Waals surface area contributed by atoms with E-state index >= 15 is 0 Å². The average Bonchev–Trinajstić information content (AvgIpc) is 3.41. The third kappa shape index (κ3) is 3.74. The zero-order valence-corrected chi connectivity index (χ0v) is 15.5. The number of carbonyl (C=O) groups excluding carboxylic acids is 1. The summed E-state index contributed by atoms with van der Waals surface area (Å²) in [5.41, 5.74) is 0.954. The Balaban J connectivity index is 1.61. The Bertz CT molecular complexity index is 976. The van der Waals surface area contributed by atoms with Crippen molar-refractivity contribution in [2.45, 2.75) is 13.0 Å². The topological polar surface area (TPSA) is 59.8 Å². The molecule has 1 N–H and O–H groups in total. The number of hydrogen-bond donors (Lipinski definition) is 1. The Labute approximate surface area is 159 Å². The summed E-state index contributed by atoms with van der Waals surface area (Å²) in [4.78, 5) is 19.5. The van der Waals surface area contributed by atoms with Crippen LogP contribution >= 0.6 is 22.7 Å². The molecule has 7 heteroatoms. The standard InChI is InChI=1S/C19H16N4OS2/c24-17(12-14-6-2-1-3-7-14)23-19(20-13-15-8-4-10-25-15)21-18(22-23)16-9-5-11-26-16/h1-11H,12-13H2,(H,20,21,22). The molecule has 130 valence electrons. The second-order valence-corrected chi connectivity index (χ2v) is 7.62. The van der Waals surface area contributed by atoms with E-state index in [2.05, 4.69) is 15.4 Å². The fourth-order valence-electron chi connectivity index (χ4n) is 2.54. The van der Waals surface area contributed by atoms with Crippen LogP contribution in [-0.4, -0.2) is 20.7 Å². The fraction of sp³-hybridized carbons (Fsp3) is 0.105. The van der Waals surface area contributed by atoms with Gasteiger partial charge in [0.15, 0.2) is 5.82 Å². The number of hydrogen-bond acceptors (Lipinski definition) is 6. The van der Waals surface area contributed by atoms with E-state index in [1.807, 2.05) is 65.4 Å². The molecule has 0 unspecified atom stereocenters. The van der Waals surface area contributed by atoms with Gasteiger partial charge in [-0.05, 0) is 28.5 Å². The highest BCUT2D eigenvalue weighted by Gasteiger charge is 2.18. The quantitative estimate of drug-likeness (QED) is 0.533. The zero-order chi connectivity index (χ0) is 17.8. The average molecular weight is 380 g/mol. The number of nitrogens with one attached hydrogen (secondary N) is 1. The molecule has 0 aliphatic carbocycles. The van der Waals surface area contributed by atoms with Crippen molar-refractivity contribution in [1.82, 2.24) is 14.8 Å². The minimum absolute atomic E-state index is 0.111. The van der Waals surface area contributed by atoms with Gasteiger partial charge in [0.2, 0.25) is 5.95 Å². The molecule has 4 rings (SSSR count). The Hall–Kier alpha value is -2.77. The van der Waals surface area contributed by atoms with Gasteiger partial charge < -0.3 is 5.32 Å². The number of aromatic nitrogens is 3. The van der Waals surface area contributed by atoms with Crippen LogP contribution in [0.5, 0.6) is 0 Å². The molecule has 3 aromatic heterocycles. The van der Waals surface area contributed by atoms with Crippen LogP contribution in [-0.2, 0) is 13.0 Å². The van der Waals surface area contributed by atoms with E-state index in [-0.39, 0.29) is 12.3 Å². The molecule has 5 nitrogen and oxygen atoms in total. The van der Waals surface area contributed by atoms with Crippen molar-refractivity contribution in [3.63, 3.8) is 0 Å². The number of carbonyl (C=O) groups is 1. The first-order valence-electron chi connectivity index (χ1n) is 8.14. The molecule has 0 amide bonds. The highest BCUT2D eigenvalue weighted by Crippen LogP contribution is 2.23. The van der Waals surface area contributed by atoms with Gasteiger partial charge in [-0.3, -0.25) is 4.79 Å². The van der Waals surface area contributed by atoms with Crippen LogP contribution in [0.3, 0.4) is 0 Å². The van der Waals surface area contributed by atoms with E-state index < -0.39 is 0 Å². The Morgan fingerprint density at radius 1 is 1.00 bits per heavy atom. The molecule has 0 fully saturated rings. The van der Waals surface area contributed by atoms with Crippen LogP contribution in [0.1, 0.15) is 15.2 Å². The Morgan fingerprint density at radius 3 is 2.54 bits per heavy atom. The van der Waals surface area contributed by atoms with E-state index in [0.29, 0.717) is 18.3 Å². The molecule has 0 saturated carbocycles. The van der Waals surface area contributed by atoms with Crippen LogP contribution < -0.4 is 5.32 Å². The summed E-state index contributed by atoms with van der Waals surface area (Å²) in [5.74, 6) is 0.929. The molecule has 0 saturated heterocycles. The van der Waals surface area contributed by atoms with Crippen molar-refractivity contribution in [2.75, 3.05) is 5.32 Å². The minimum atomic E-state index is -0.111. The third-order valence-electron chi connectivity index (χ3n) is 3.78. The molecule has 0 atom stereocenters. The first kappa shape index (κ1) is 16.7. The highest BCUT2D eigenvalue weighted by atomic mass is 32.1. The number of benzene rings is 1. The van der Waals surface area contributed by atoms with E-state index in [9.17, 15) is 4.79 Å². The van der Waals surface area contributed by atoms with Gasteiger partial charge in [-0.2, -0.15) is 9.67 Å².